The molecule has 0 aromatic heterocycles. The van der Waals surface area contributed by atoms with Crippen molar-refractivity contribution in [3.63, 3.8) is 0 Å². The zero-order chi connectivity index (χ0) is 26.1. The standard InChI is InChI=1S/C28H46N2O5/c1-5-6-7-8-9-10-11-12-13-17-20-23(26(32)33)29-25(31)24(21-22-18-15-14-16-19-22)30-27(34)35-28(2,3)4/h14-16,18-19,23-24H,5-13,17,20-21H2,1-4H3,(H,29,31)(H,30,34)(H,32,33)/t23-,24-/m0/s1. The quantitative estimate of drug-likeness (QED) is 0.232. The molecule has 0 saturated carbocycles. The van der Waals surface area contributed by atoms with Crippen molar-refractivity contribution in [1.29, 1.82) is 0 Å². The van der Waals surface area contributed by atoms with Gasteiger partial charge in [0, 0.05) is 6.42 Å². The van der Waals surface area contributed by atoms with Crippen molar-refractivity contribution < 1.29 is 24.2 Å². The summed E-state index contributed by atoms with van der Waals surface area (Å²) < 4.78 is 5.30. The molecule has 1 aromatic rings. The van der Waals surface area contributed by atoms with Crippen molar-refractivity contribution in [2.45, 2.75) is 122 Å². The van der Waals surface area contributed by atoms with Crippen molar-refractivity contribution in [3.05, 3.63) is 35.9 Å². The van der Waals surface area contributed by atoms with Crippen LogP contribution in [0.15, 0.2) is 30.3 Å². The maximum Gasteiger partial charge on any atom is 0.408 e. The van der Waals surface area contributed by atoms with Crippen molar-refractivity contribution >= 4 is 18.0 Å². The molecule has 0 aliphatic rings. The number of carboxylic acids is 1. The van der Waals surface area contributed by atoms with Gasteiger partial charge in [-0.15, -0.1) is 0 Å². The second-order valence-corrected chi connectivity index (χ2v) is 10.3. The van der Waals surface area contributed by atoms with Crippen LogP contribution in [0.25, 0.3) is 0 Å². The number of carbonyl (C=O) groups excluding carboxylic acids is 2. The van der Waals surface area contributed by atoms with Gasteiger partial charge in [0.15, 0.2) is 0 Å². The summed E-state index contributed by atoms with van der Waals surface area (Å²) in [6.45, 7) is 7.44. The highest BCUT2D eigenvalue weighted by atomic mass is 16.6. The molecule has 7 heteroatoms. The monoisotopic (exact) mass is 490 g/mol. The van der Waals surface area contributed by atoms with Gasteiger partial charge in [-0.25, -0.2) is 9.59 Å². The van der Waals surface area contributed by atoms with E-state index >= 15 is 0 Å². The molecule has 2 amide bonds. The van der Waals surface area contributed by atoms with Crippen LogP contribution in [0.2, 0.25) is 0 Å². The van der Waals surface area contributed by atoms with Gasteiger partial charge < -0.3 is 20.5 Å². The van der Waals surface area contributed by atoms with Crippen LogP contribution >= 0.6 is 0 Å². The average molecular weight is 491 g/mol. The fourth-order valence-corrected chi connectivity index (χ4v) is 3.87. The van der Waals surface area contributed by atoms with Gasteiger partial charge in [-0.1, -0.05) is 101 Å². The van der Waals surface area contributed by atoms with Gasteiger partial charge in [0.05, 0.1) is 0 Å². The summed E-state index contributed by atoms with van der Waals surface area (Å²) in [6, 6.07) is 7.35. The van der Waals surface area contributed by atoms with E-state index in [4.69, 9.17) is 4.74 Å². The third-order valence-corrected chi connectivity index (χ3v) is 5.75. The molecule has 0 saturated heterocycles. The summed E-state index contributed by atoms with van der Waals surface area (Å²) in [5.74, 6) is -1.59. The highest BCUT2D eigenvalue weighted by Gasteiger charge is 2.28. The zero-order valence-corrected chi connectivity index (χ0v) is 22.1. The van der Waals surface area contributed by atoms with E-state index in [1.54, 1.807) is 20.8 Å². The summed E-state index contributed by atoms with van der Waals surface area (Å²) >= 11 is 0. The molecule has 0 radical (unpaired) electrons. The summed E-state index contributed by atoms with van der Waals surface area (Å²) in [6.07, 6.45) is 11.4. The molecular weight excluding hydrogens is 444 g/mol. The number of aliphatic carboxylic acids is 1. The predicted octanol–water partition coefficient (Wildman–Crippen LogP) is 6.00. The molecule has 1 rings (SSSR count). The van der Waals surface area contributed by atoms with Crippen molar-refractivity contribution in [3.8, 4) is 0 Å². The first-order chi connectivity index (χ1) is 16.6. The minimum Gasteiger partial charge on any atom is -0.480 e. The van der Waals surface area contributed by atoms with Crippen LogP contribution in [0.1, 0.15) is 104 Å². The highest BCUT2D eigenvalue weighted by molar-refractivity contribution is 5.89. The van der Waals surface area contributed by atoms with Crippen LogP contribution < -0.4 is 10.6 Å². The fourth-order valence-electron chi connectivity index (χ4n) is 3.87. The molecule has 0 heterocycles. The predicted molar refractivity (Wildman–Crippen MR) is 139 cm³/mol. The Morgan fingerprint density at radius 2 is 1.37 bits per heavy atom. The number of benzene rings is 1. The largest absolute Gasteiger partial charge is 0.480 e. The molecule has 0 spiro atoms. The molecule has 35 heavy (non-hydrogen) atoms. The Hall–Kier alpha value is -2.57. The Bertz CT molecular complexity index is 745. The summed E-state index contributed by atoms with van der Waals surface area (Å²) in [4.78, 5) is 37.1. The van der Waals surface area contributed by atoms with Gasteiger partial charge in [0.1, 0.15) is 17.7 Å². The Balaban J connectivity index is 2.57. The number of hydrogen-bond acceptors (Lipinski definition) is 4. The number of carboxylic acid groups (broad SMARTS) is 1. The van der Waals surface area contributed by atoms with Gasteiger partial charge in [-0.05, 0) is 32.8 Å². The molecule has 3 N–H and O–H groups in total. The number of hydrogen-bond donors (Lipinski definition) is 3. The molecule has 0 aliphatic carbocycles. The topological polar surface area (TPSA) is 105 Å². The number of rotatable bonds is 17. The van der Waals surface area contributed by atoms with E-state index < -0.39 is 35.7 Å². The smallest absolute Gasteiger partial charge is 0.408 e. The molecule has 1 aromatic carbocycles. The third-order valence-electron chi connectivity index (χ3n) is 5.75. The summed E-state index contributed by atoms with van der Waals surface area (Å²) in [7, 11) is 0. The first-order valence-electron chi connectivity index (χ1n) is 13.2. The Morgan fingerprint density at radius 1 is 0.829 bits per heavy atom. The summed E-state index contributed by atoms with van der Waals surface area (Å²) in [5, 5.41) is 14.9. The van der Waals surface area contributed by atoms with Gasteiger partial charge in [0.2, 0.25) is 5.91 Å². The zero-order valence-electron chi connectivity index (χ0n) is 22.1. The van der Waals surface area contributed by atoms with Gasteiger partial charge in [-0.2, -0.15) is 0 Å². The van der Waals surface area contributed by atoms with E-state index in [0.29, 0.717) is 6.42 Å². The lowest BCUT2D eigenvalue weighted by atomic mass is 10.0. The van der Waals surface area contributed by atoms with Crippen LogP contribution in [0.4, 0.5) is 4.79 Å². The lowest BCUT2D eigenvalue weighted by molar-refractivity contribution is -0.142. The van der Waals surface area contributed by atoms with Crippen LogP contribution in [-0.2, 0) is 20.7 Å². The van der Waals surface area contributed by atoms with E-state index in [1.165, 1.54) is 38.5 Å². The normalized spacial score (nSPS) is 13.0. The lowest BCUT2D eigenvalue weighted by Crippen LogP contribution is -2.53. The van der Waals surface area contributed by atoms with E-state index in [-0.39, 0.29) is 6.42 Å². The molecule has 198 valence electrons. The number of unbranched alkanes of at least 4 members (excludes halogenated alkanes) is 9. The van der Waals surface area contributed by atoms with E-state index in [0.717, 1.165) is 31.2 Å². The highest BCUT2D eigenvalue weighted by Crippen LogP contribution is 2.13. The second kappa shape index (κ2) is 17.0. The molecule has 0 fully saturated rings. The minimum absolute atomic E-state index is 0.233. The van der Waals surface area contributed by atoms with Crippen LogP contribution in [-0.4, -0.2) is 40.8 Å². The van der Waals surface area contributed by atoms with Crippen LogP contribution in [0.3, 0.4) is 0 Å². The van der Waals surface area contributed by atoms with E-state index in [9.17, 15) is 19.5 Å². The van der Waals surface area contributed by atoms with Crippen molar-refractivity contribution in [2.75, 3.05) is 0 Å². The number of carbonyl (C=O) groups is 3. The van der Waals surface area contributed by atoms with Gasteiger partial charge in [0.25, 0.3) is 0 Å². The second-order valence-electron chi connectivity index (χ2n) is 10.3. The maximum absolute atomic E-state index is 13.0. The van der Waals surface area contributed by atoms with Crippen LogP contribution in [0, 0.1) is 0 Å². The van der Waals surface area contributed by atoms with Gasteiger partial charge >= 0.3 is 12.1 Å². The average Bonchev–Trinajstić information content (AvgIpc) is 2.78. The van der Waals surface area contributed by atoms with Crippen molar-refractivity contribution in [2.24, 2.45) is 0 Å². The first-order valence-corrected chi connectivity index (χ1v) is 13.2. The summed E-state index contributed by atoms with van der Waals surface area (Å²) in [5.41, 5.74) is 0.141. The van der Waals surface area contributed by atoms with Crippen LogP contribution in [0.5, 0.6) is 0 Å². The number of ether oxygens (including phenoxy) is 1. The van der Waals surface area contributed by atoms with E-state index in [1.807, 2.05) is 30.3 Å². The number of nitrogens with one attached hydrogen (secondary N) is 2. The van der Waals surface area contributed by atoms with E-state index in [2.05, 4.69) is 17.6 Å². The molecule has 2 atom stereocenters. The molecule has 7 nitrogen and oxygen atoms in total. The molecule has 0 bridgehead atoms. The maximum atomic E-state index is 13.0. The molecule has 0 unspecified atom stereocenters. The Kier molecular flexibility index (Phi) is 14.8. The van der Waals surface area contributed by atoms with Gasteiger partial charge in [-0.3, -0.25) is 4.79 Å². The minimum atomic E-state index is -1.06. The Labute approximate surface area is 211 Å². The lowest BCUT2D eigenvalue weighted by Gasteiger charge is -2.24. The fraction of sp³-hybridized carbons (Fsp3) is 0.679. The Morgan fingerprint density at radius 3 is 1.89 bits per heavy atom. The third kappa shape index (κ3) is 15.1. The van der Waals surface area contributed by atoms with Crippen molar-refractivity contribution in [1.82, 2.24) is 10.6 Å². The number of alkyl carbamates (subject to hydrolysis) is 1. The number of amides is 2. The first kappa shape index (κ1) is 30.5. The molecule has 0 aliphatic heterocycles. The molecular formula is C28H46N2O5. The SMILES string of the molecule is CCCCCCCCCCCC[C@H](NC(=O)[C@H](Cc1ccccc1)NC(=O)OC(C)(C)C)C(=O)O.